The van der Waals surface area contributed by atoms with Crippen LogP contribution >= 0.6 is 24.0 Å². The maximum absolute atomic E-state index is 13.4. The van der Waals surface area contributed by atoms with E-state index in [1.54, 1.807) is 18.4 Å². The van der Waals surface area contributed by atoms with Crippen LogP contribution in [0.15, 0.2) is 76.3 Å². The molecule has 4 rings (SSSR count). The monoisotopic (exact) mass is 535 g/mol. The van der Waals surface area contributed by atoms with Crippen LogP contribution < -0.4 is 15.4 Å². The molecule has 0 bridgehead atoms. The number of nitrogens with one attached hydrogen (secondary N) is 2. The fourth-order valence-corrected chi connectivity index (χ4v) is 3.56. The Kier molecular flexibility index (Phi) is 8.75. The van der Waals surface area contributed by atoms with Gasteiger partial charge in [-0.15, -0.1) is 24.0 Å². The number of ether oxygens (including phenoxy) is 1. The number of fused-ring (bicyclic) bond motifs is 1. The second-order valence-electron chi connectivity index (χ2n) is 7.24. The molecule has 1 aliphatic rings. The van der Waals surface area contributed by atoms with E-state index in [9.17, 15) is 4.39 Å². The second kappa shape index (κ2) is 11.7. The summed E-state index contributed by atoms with van der Waals surface area (Å²) in [6.07, 6.45) is 3.98. The van der Waals surface area contributed by atoms with Gasteiger partial charge in [-0.3, -0.25) is 4.99 Å². The molecule has 0 amide bonds. The first-order valence-corrected chi connectivity index (χ1v) is 10.3. The highest BCUT2D eigenvalue weighted by Crippen LogP contribution is 2.31. The van der Waals surface area contributed by atoms with E-state index in [1.165, 1.54) is 6.07 Å². The highest BCUT2D eigenvalue weighted by Gasteiger charge is 2.21. The smallest absolute Gasteiger partial charge is 0.191 e. The van der Waals surface area contributed by atoms with E-state index in [1.807, 2.05) is 36.4 Å². The first kappa shape index (κ1) is 23.1. The van der Waals surface area contributed by atoms with Crippen molar-refractivity contribution in [1.29, 1.82) is 0 Å². The maximum atomic E-state index is 13.4. The molecule has 2 heterocycles. The Morgan fingerprint density at radius 1 is 1.06 bits per heavy atom. The third-order valence-corrected chi connectivity index (χ3v) is 5.07. The van der Waals surface area contributed by atoms with Crippen molar-refractivity contribution in [1.82, 2.24) is 10.6 Å². The van der Waals surface area contributed by atoms with Gasteiger partial charge in [0.15, 0.2) is 5.96 Å². The van der Waals surface area contributed by atoms with Crippen molar-refractivity contribution < 1.29 is 13.5 Å². The van der Waals surface area contributed by atoms with E-state index < -0.39 is 0 Å². The first-order valence-electron chi connectivity index (χ1n) is 10.3. The van der Waals surface area contributed by atoms with Gasteiger partial charge in [0.05, 0.1) is 18.9 Å². The molecule has 1 aromatic heterocycles. The van der Waals surface area contributed by atoms with Crippen LogP contribution in [0.3, 0.4) is 0 Å². The molecule has 0 saturated heterocycles. The zero-order chi connectivity index (χ0) is 20.6. The standard InChI is InChI=1S/C24H26FN3O2.HI/c25-19-6-3-5-18(17-19)10-13-26-24(27-14-11-20-7-4-15-29-20)28-22-12-16-30-23-9-2-1-8-21(22)23;/h1-9,15,17,22H,10-14,16H2,(H2,26,27,28);1H. The van der Waals surface area contributed by atoms with Gasteiger partial charge in [0, 0.05) is 31.5 Å². The number of hydrogen-bond acceptors (Lipinski definition) is 3. The van der Waals surface area contributed by atoms with E-state index in [4.69, 9.17) is 14.1 Å². The number of para-hydroxylation sites is 1. The molecule has 31 heavy (non-hydrogen) atoms. The maximum Gasteiger partial charge on any atom is 0.191 e. The summed E-state index contributed by atoms with van der Waals surface area (Å²) in [7, 11) is 0. The predicted octanol–water partition coefficient (Wildman–Crippen LogP) is 4.88. The van der Waals surface area contributed by atoms with E-state index in [-0.39, 0.29) is 35.8 Å². The van der Waals surface area contributed by atoms with Crippen LogP contribution in [0.4, 0.5) is 4.39 Å². The van der Waals surface area contributed by atoms with Gasteiger partial charge >= 0.3 is 0 Å². The minimum atomic E-state index is -0.211. The summed E-state index contributed by atoms with van der Waals surface area (Å²) in [6.45, 7) is 1.92. The number of halogens is 2. The topological polar surface area (TPSA) is 58.8 Å². The third-order valence-electron chi connectivity index (χ3n) is 5.07. The Morgan fingerprint density at radius 2 is 1.97 bits per heavy atom. The lowest BCUT2D eigenvalue weighted by molar-refractivity contribution is 0.261. The highest BCUT2D eigenvalue weighted by molar-refractivity contribution is 14.0. The van der Waals surface area contributed by atoms with Crippen molar-refractivity contribution in [2.75, 3.05) is 19.7 Å². The molecule has 0 fully saturated rings. The van der Waals surface area contributed by atoms with Gasteiger partial charge in [-0.25, -0.2) is 4.39 Å². The van der Waals surface area contributed by atoms with Crippen LogP contribution in [-0.2, 0) is 12.8 Å². The minimum absolute atomic E-state index is 0. The van der Waals surface area contributed by atoms with Gasteiger partial charge in [0.1, 0.15) is 17.3 Å². The van der Waals surface area contributed by atoms with Crippen molar-refractivity contribution in [3.8, 4) is 5.75 Å². The van der Waals surface area contributed by atoms with Gasteiger partial charge in [-0.1, -0.05) is 30.3 Å². The molecule has 7 heteroatoms. The Labute approximate surface area is 199 Å². The molecule has 1 unspecified atom stereocenters. The average Bonchev–Trinajstić information content (AvgIpc) is 3.27. The molecule has 1 atom stereocenters. The molecule has 0 aliphatic carbocycles. The SMILES string of the molecule is Fc1cccc(CCNC(=NCCc2ccco2)NC2CCOc3ccccc32)c1.I. The molecule has 0 spiro atoms. The molecule has 3 aromatic rings. The van der Waals surface area contributed by atoms with Crippen LogP contribution in [0.25, 0.3) is 0 Å². The molecule has 0 saturated carbocycles. The minimum Gasteiger partial charge on any atom is -0.493 e. The third kappa shape index (κ3) is 6.72. The summed E-state index contributed by atoms with van der Waals surface area (Å²) in [6, 6.07) is 18.7. The van der Waals surface area contributed by atoms with Crippen LogP contribution in [0.2, 0.25) is 0 Å². The van der Waals surface area contributed by atoms with Crippen LogP contribution in [0.5, 0.6) is 5.75 Å². The zero-order valence-electron chi connectivity index (χ0n) is 17.2. The largest absolute Gasteiger partial charge is 0.493 e. The lowest BCUT2D eigenvalue weighted by Gasteiger charge is -2.28. The number of nitrogens with zero attached hydrogens (tertiary/aromatic N) is 1. The van der Waals surface area contributed by atoms with Crippen LogP contribution in [0, 0.1) is 5.82 Å². The van der Waals surface area contributed by atoms with Crippen molar-refractivity contribution in [2.45, 2.75) is 25.3 Å². The molecule has 5 nitrogen and oxygen atoms in total. The number of aliphatic imine (C=N–C) groups is 1. The van der Waals surface area contributed by atoms with Crippen molar-refractivity contribution in [3.63, 3.8) is 0 Å². The van der Waals surface area contributed by atoms with E-state index >= 15 is 0 Å². The van der Waals surface area contributed by atoms with E-state index in [2.05, 4.69) is 16.7 Å². The van der Waals surface area contributed by atoms with Gasteiger partial charge in [0.2, 0.25) is 0 Å². The van der Waals surface area contributed by atoms with Crippen molar-refractivity contribution in [2.24, 2.45) is 4.99 Å². The predicted molar refractivity (Wildman–Crippen MR) is 131 cm³/mol. The Hall–Kier alpha value is -2.55. The highest BCUT2D eigenvalue weighted by atomic mass is 127. The molecule has 1 aliphatic heterocycles. The number of guanidine groups is 1. The number of furan rings is 1. The van der Waals surface area contributed by atoms with Gasteiger partial charge in [-0.2, -0.15) is 0 Å². The first-order chi connectivity index (χ1) is 14.8. The number of hydrogen-bond donors (Lipinski definition) is 2. The lowest BCUT2D eigenvalue weighted by Crippen LogP contribution is -2.42. The fraction of sp³-hybridized carbons (Fsp3) is 0.292. The van der Waals surface area contributed by atoms with E-state index in [0.29, 0.717) is 26.1 Å². The zero-order valence-corrected chi connectivity index (χ0v) is 19.6. The summed E-state index contributed by atoms with van der Waals surface area (Å²) in [5.74, 6) is 2.35. The number of rotatable bonds is 7. The molecule has 2 N–H and O–H groups in total. The van der Waals surface area contributed by atoms with E-state index in [0.717, 1.165) is 41.4 Å². The molecule has 164 valence electrons. The second-order valence-corrected chi connectivity index (χ2v) is 7.24. The van der Waals surface area contributed by atoms with Crippen molar-refractivity contribution >= 4 is 29.9 Å². The van der Waals surface area contributed by atoms with Crippen LogP contribution in [-0.4, -0.2) is 25.7 Å². The molecule has 0 radical (unpaired) electrons. The van der Waals surface area contributed by atoms with Gasteiger partial charge < -0.3 is 19.8 Å². The van der Waals surface area contributed by atoms with Crippen molar-refractivity contribution in [3.05, 3.63) is 89.6 Å². The summed E-state index contributed by atoms with van der Waals surface area (Å²) < 4.78 is 24.6. The van der Waals surface area contributed by atoms with Gasteiger partial charge in [0.25, 0.3) is 0 Å². The normalized spacial score (nSPS) is 15.4. The number of benzene rings is 2. The molecule has 2 aromatic carbocycles. The summed E-state index contributed by atoms with van der Waals surface area (Å²) >= 11 is 0. The van der Waals surface area contributed by atoms with Gasteiger partial charge in [-0.05, 0) is 42.3 Å². The fourth-order valence-electron chi connectivity index (χ4n) is 3.56. The Morgan fingerprint density at radius 3 is 2.81 bits per heavy atom. The Balaban J connectivity index is 0.00000272. The summed E-state index contributed by atoms with van der Waals surface area (Å²) in [4.78, 5) is 4.73. The summed E-state index contributed by atoms with van der Waals surface area (Å²) in [5.41, 5.74) is 2.09. The average molecular weight is 535 g/mol. The quantitative estimate of drug-likeness (QED) is 0.257. The Bertz CT molecular complexity index is 978. The molecular weight excluding hydrogens is 508 g/mol. The molecular formula is C24H27FIN3O2. The van der Waals surface area contributed by atoms with Crippen LogP contribution in [0.1, 0.15) is 29.3 Å². The lowest BCUT2D eigenvalue weighted by atomic mass is 10.0. The summed E-state index contributed by atoms with van der Waals surface area (Å²) in [5, 5.41) is 6.94.